The van der Waals surface area contributed by atoms with Crippen molar-refractivity contribution in [1.29, 1.82) is 0 Å². The number of rotatable bonds is 3. The summed E-state index contributed by atoms with van der Waals surface area (Å²) in [6, 6.07) is 0. The van der Waals surface area contributed by atoms with Gasteiger partial charge in [0.05, 0.1) is 0 Å². The highest BCUT2D eigenvalue weighted by molar-refractivity contribution is 4.81. The van der Waals surface area contributed by atoms with Crippen LogP contribution in [0.2, 0.25) is 0 Å². The van der Waals surface area contributed by atoms with Gasteiger partial charge in [-0.25, -0.2) is 0 Å². The van der Waals surface area contributed by atoms with Crippen LogP contribution in [-0.4, -0.2) is 11.7 Å². The Balaban J connectivity index is 1.62. The summed E-state index contributed by atoms with van der Waals surface area (Å²) in [5, 5.41) is 8.91. The van der Waals surface area contributed by atoms with Crippen molar-refractivity contribution in [2.45, 2.75) is 51.4 Å². The van der Waals surface area contributed by atoms with Crippen molar-refractivity contribution in [2.24, 2.45) is 17.8 Å². The van der Waals surface area contributed by atoms with Gasteiger partial charge in [-0.1, -0.05) is 32.1 Å². The molecule has 0 aromatic rings. The molecule has 0 saturated heterocycles. The normalized spacial score (nSPS) is 35.8. The van der Waals surface area contributed by atoms with Crippen LogP contribution in [0.5, 0.6) is 0 Å². The summed E-state index contributed by atoms with van der Waals surface area (Å²) >= 11 is 0. The number of aliphatic hydroxyl groups is 1. The third-order valence-corrected chi connectivity index (χ3v) is 3.98. The van der Waals surface area contributed by atoms with Crippen molar-refractivity contribution in [2.75, 3.05) is 6.61 Å². The van der Waals surface area contributed by atoms with Crippen molar-refractivity contribution in [3.8, 4) is 0 Å². The van der Waals surface area contributed by atoms with Crippen LogP contribution in [0.3, 0.4) is 0 Å². The topological polar surface area (TPSA) is 20.2 Å². The molecule has 2 fully saturated rings. The summed E-state index contributed by atoms with van der Waals surface area (Å²) < 4.78 is 0. The van der Waals surface area contributed by atoms with Crippen molar-refractivity contribution in [3.05, 3.63) is 0 Å². The maximum atomic E-state index is 8.91. The molecule has 0 aromatic heterocycles. The molecule has 0 atom stereocenters. The van der Waals surface area contributed by atoms with Crippen LogP contribution in [0, 0.1) is 17.8 Å². The first-order valence-electron chi connectivity index (χ1n) is 5.99. The Labute approximate surface area is 81.5 Å². The van der Waals surface area contributed by atoms with Gasteiger partial charge in [0.25, 0.3) is 0 Å². The molecular formula is C12H22O. The summed E-state index contributed by atoms with van der Waals surface area (Å²) in [6.07, 6.45) is 11.5. The Morgan fingerprint density at radius 1 is 0.846 bits per heavy atom. The Bertz CT molecular complexity index is 143. The molecule has 0 spiro atoms. The van der Waals surface area contributed by atoms with Gasteiger partial charge in [-0.05, 0) is 37.0 Å². The van der Waals surface area contributed by atoms with E-state index in [1.54, 1.807) is 0 Å². The highest BCUT2D eigenvalue weighted by atomic mass is 16.3. The molecular weight excluding hydrogens is 160 g/mol. The summed E-state index contributed by atoms with van der Waals surface area (Å²) in [7, 11) is 0. The first kappa shape index (κ1) is 9.51. The van der Waals surface area contributed by atoms with Crippen LogP contribution < -0.4 is 0 Å². The van der Waals surface area contributed by atoms with E-state index in [1.807, 2.05) is 0 Å². The highest BCUT2D eigenvalue weighted by Crippen LogP contribution is 2.40. The van der Waals surface area contributed by atoms with Gasteiger partial charge in [-0.3, -0.25) is 0 Å². The van der Waals surface area contributed by atoms with Crippen LogP contribution in [0.15, 0.2) is 0 Å². The third kappa shape index (κ3) is 2.46. The predicted octanol–water partition coefficient (Wildman–Crippen LogP) is 2.98. The molecule has 0 heterocycles. The maximum absolute atomic E-state index is 8.91. The molecule has 0 amide bonds. The fourth-order valence-electron chi connectivity index (χ4n) is 3.11. The maximum Gasteiger partial charge on any atom is 0.0459 e. The summed E-state index contributed by atoms with van der Waals surface area (Å²) in [4.78, 5) is 0. The molecule has 1 N–H and O–H groups in total. The van der Waals surface area contributed by atoms with Crippen LogP contribution in [0.4, 0.5) is 0 Å². The first-order chi connectivity index (χ1) is 6.38. The predicted molar refractivity (Wildman–Crippen MR) is 54.5 cm³/mol. The quantitative estimate of drug-likeness (QED) is 0.711. The second-order valence-corrected chi connectivity index (χ2v) is 5.13. The second-order valence-electron chi connectivity index (χ2n) is 5.13. The van der Waals surface area contributed by atoms with Gasteiger partial charge in [0.1, 0.15) is 0 Å². The lowest BCUT2D eigenvalue weighted by Crippen LogP contribution is -2.28. The van der Waals surface area contributed by atoms with E-state index in [1.165, 1.54) is 51.4 Å². The molecule has 2 aliphatic carbocycles. The molecule has 2 saturated carbocycles. The van der Waals surface area contributed by atoms with Crippen LogP contribution in [-0.2, 0) is 0 Å². The monoisotopic (exact) mass is 182 g/mol. The average Bonchev–Trinajstić information content (AvgIpc) is 2.12. The van der Waals surface area contributed by atoms with Gasteiger partial charge in [0.15, 0.2) is 0 Å². The molecule has 76 valence electrons. The molecule has 0 aliphatic heterocycles. The SMILES string of the molecule is OCC1CC(CC2CCCCC2)C1. The summed E-state index contributed by atoms with van der Waals surface area (Å²) in [5.41, 5.74) is 0. The summed E-state index contributed by atoms with van der Waals surface area (Å²) in [6.45, 7) is 0.432. The molecule has 0 bridgehead atoms. The molecule has 0 aromatic carbocycles. The van der Waals surface area contributed by atoms with E-state index < -0.39 is 0 Å². The van der Waals surface area contributed by atoms with Crippen LogP contribution in [0.25, 0.3) is 0 Å². The minimum Gasteiger partial charge on any atom is -0.396 e. The Kier molecular flexibility index (Phi) is 3.26. The van der Waals surface area contributed by atoms with Crippen molar-refractivity contribution < 1.29 is 5.11 Å². The third-order valence-electron chi connectivity index (χ3n) is 3.98. The van der Waals surface area contributed by atoms with Crippen molar-refractivity contribution in [3.63, 3.8) is 0 Å². The van der Waals surface area contributed by atoms with E-state index in [2.05, 4.69) is 0 Å². The van der Waals surface area contributed by atoms with E-state index in [4.69, 9.17) is 5.11 Å². The molecule has 1 heteroatoms. The second kappa shape index (κ2) is 4.45. The van der Waals surface area contributed by atoms with Gasteiger partial charge >= 0.3 is 0 Å². The fourth-order valence-corrected chi connectivity index (χ4v) is 3.11. The van der Waals surface area contributed by atoms with E-state index in [9.17, 15) is 0 Å². The molecule has 2 aliphatic rings. The van der Waals surface area contributed by atoms with E-state index in [-0.39, 0.29) is 0 Å². The Hall–Kier alpha value is -0.0400. The summed E-state index contributed by atoms with van der Waals surface area (Å²) in [5.74, 6) is 2.67. The minimum absolute atomic E-state index is 0.432. The molecule has 1 nitrogen and oxygen atoms in total. The fraction of sp³-hybridized carbons (Fsp3) is 1.00. The van der Waals surface area contributed by atoms with Crippen LogP contribution >= 0.6 is 0 Å². The van der Waals surface area contributed by atoms with Gasteiger partial charge in [-0.15, -0.1) is 0 Å². The Morgan fingerprint density at radius 2 is 1.54 bits per heavy atom. The minimum atomic E-state index is 0.432. The molecule has 2 rings (SSSR count). The van der Waals surface area contributed by atoms with Gasteiger partial charge in [0.2, 0.25) is 0 Å². The standard InChI is InChI=1S/C12H22O/c13-9-12-7-11(8-12)6-10-4-2-1-3-5-10/h10-13H,1-9H2. The first-order valence-corrected chi connectivity index (χ1v) is 5.99. The Morgan fingerprint density at radius 3 is 2.15 bits per heavy atom. The smallest absolute Gasteiger partial charge is 0.0459 e. The van der Waals surface area contributed by atoms with Gasteiger partial charge < -0.3 is 5.11 Å². The van der Waals surface area contributed by atoms with E-state index in [0.29, 0.717) is 12.5 Å². The van der Waals surface area contributed by atoms with Crippen LogP contribution in [0.1, 0.15) is 51.4 Å². The molecule has 0 radical (unpaired) electrons. The average molecular weight is 182 g/mol. The van der Waals surface area contributed by atoms with Crippen molar-refractivity contribution >= 4 is 0 Å². The van der Waals surface area contributed by atoms with E-state index >= 15 is 0 Å². The highest BCUT2D eigenvalue weighted by Gasteiger charge is 2.30. The number of hydrogen-bond donors (Lipinski definition) is 1. The molecule has 13 heavy (non-hydrogen) atoms. The van der Waals surface area contributed by atoms with Gasteiger partial charge in [-0.2, -0.15) is 0 Å². The zero-order valence-corrected chi connectivity index (χ0v) is 8.54. The van der Waals surface area contributed by atoms with E-state index in [0.717, 1.165) is 11.8 Å². The lowest BCUT2D eigenvalue weighted by molar-refractivity contribution is 0.0858. The zero-order valence-electron chi connectivity index (χ0n) is 8.54. The lowest BCUT2D eigenvalue weighted by atomic mass is 9.69. The van der Waals surface area contributed by atoms with Gasteiger partial charge in [0, 0.05) is 6.61 Å². The zero-order chi connectivity index (χ0) is 9.10. The van der Waals surface area contributed by atoms with Crippen molar-refractivity contribution in [1.82, 2.24) is 0 Å². The largest absolute Gasteiger partial charge is 0.396 e. The lowest BCUT2D eigenvalue weighted by Gasteiger charge is -2.37. The molecule has 0 unspecified atom stereocenters. The number of aliphatic hydroxyl groups excluding tert-OH is 1. The number of hydrogen-bond acceptors (Lipinski definition) is 1.